The lowest BCUT2D eigenvalue weighted by molar-refractivity contribution is 0.201. The van der Waals surface area contributed by atoms with Crippen LogP contribution in [0.15, 0.2) is 27.1 Å². The van der Waals surface area contributed by atoms with E-state index in [1.54, 1.807) is 0 Å². The molecular formula is C10H10Br2O2. The van der Waals surface area contributed by atoms with Crippen LogP contribution in [0.3, 0.4) is 0 Å². The zero-order valence-electron chi connectivity index (χ0n) is 7.72. The van der Waals surface area contributed by atoms with Crippen LogP contribution in [0.5, 0.6) is 5.75 Å². The highest BCUT2D eigenvalue weighted by Gasteiger charge is 2.40. The van der Waals surface area contributed by atoms with E-state index in [0.717, 1.165) is 21.3 Å². The van der Waals surface area contributed by atoms with Gasteiger partial charge in [-0.2, -0.15) is 0 Å². The van der Waals surface area contributed by atoms with E-state index >= 15 is 0 Å². The molecule has 1 aromatic carbocycles. The van der Waals surface area contributed by atoms with Gasteiger partial charge in [-0.3, -0.25) is 0 Å². The molecule has 1 fully saturated rings. The molecule has 0 aliphatic carbocycles. The molecule has 2 rings (SSSR count). The Morgan fingerprint density at radius 3 is 2.79 bits per heavy atom. The van der Waals surface area contributed by atoms with Crippen molar-refractivity contribution in [2.75, 3.05) is 13.2 Å². The number of rotatable bonds is 3. The summed E-state index contributed by atoms with van der Waals surface area (Å²) >= 11 is 6.83. The van der Waals surface area contributed by atoms with E-state index < -0.39 is 0 Å². The minimum Gasteiger partial charge on any atom is -0.489 e. The van der Waals surface area contributed by atoms with Gasteiger partial charge in [0, 0.05) is 4.47 Å². The second-order valence-corrected chi connectivity index (χ2v) is 5.37. The summed E-state index contributed by atoms with van der Waals surface area (Å²) in [6.45, 7) is 3.44. The standard InChI is InChI=1S/C10H10Br2O2/c1-10(6-14-10)5-13-9-3-2-7(11)4-8(9)12/h2-4H,5-6H2,1H3. The van der Waals surface area contributed by atoms with Crippen molar-refractivity contribution in [2.45, 2.75) is 12.5 Å². The lowest BCUT2D eigenvalue weighted by Crippen LogP contribution is -2.17. The van der Waals surface area contributed by atoms with Crippen molar-refractivity contribution in [3.63, 3.8) is 0 Å². The zero-order chi connectivity index (χ0) is 10.2. The van der Waals surface area contributed by atoms with Gasteiger partial charge in [0.1, 0.15) is 18.0 Å². The topological polar surface area (TPSA) is 21.8 Å². The van der Waals surface area contributed by atoms with E-state index in [9.17, 15) is 0 Å². The van der Waals surface area contributed by atoms with Crippen molar-refractivity contribution < 1.29 is 9.47 Å². The Kier molecular flexibility index (Phi) is 2.86. The van der Waals surface area contributed by atoms with Gasteiger partial charge in [-0.25, -0.2) is 0 Å². The van der Waals surface area contributed by atoms with E-state index in [1.807, 2.05) is 25.1 Å². The average Bonchev–Trinajstić information content (AvgIpc) is 2.83. The van der Waals surface area contributed by atoms with Crippen LogP contribution < -0.4 is 4.74 Å². The summed E-state index contributed by atoms with van der Waals surface area (Å²) in [5.41, 5.74) is -0.0630. The van der Waals surface area contributed by atoms with Crippen molar-refractivity contribution >= 4 is 31.9 Å². The van der Waals surface area contributed by atoms with E-state index in [-0.39, 0.29) is 5.60 Å². The highest BCUT2D eigenvalue weighted by Crippen LogP contribution is 2.31. The van der Waals surface area contributed by atoms with Crippen molar-refractivity contribution in [1.82, 2.24) is 0 Å². The Balaban J connectivity index is 2.02. The largest absolute Gasteiger partial charge is 0.489 e. The van der Waals surface area contributed by atoms with E-state index in [4.69, 9.17) is 9.47 Å². The first-order valence-corrected chi connectivity index (χ1v) is 5.89. The Labute approximate surface area is 99.8 Å². The molecule has 0 saturated carbocycles. The molecule has 14 heavy (non-hydrogen) atoms. The van der Waals surface area contributed by atoms with Gasteiger partial charge >= 0.3 is 0 Å². The van der Waals surface area contributed by atoms with Gasteiger partial charge in [-0.1, -0.05) is 15.9 Å². The molecule has 0 N–H and O–H groups in total. The fraction of sp³-hybridized carbons (Fsp3) is 0.400. The minimum atomic E-state index is -0.0630. The van der Waals surface area contributed by atoms with Crippen molar-refractivity contribution in [1.29, 1.82) is 0 Å². The second kappa shape index (κ2) is 3.83. The maximum atomic E-state index is 5.63. The molecule has 2 nitrogen and oxygen atoms in total. The predicted octanol–water partition coefficient (Wildman–Crippen LogP) is 3.38. The first-order valence-electron chi connectivity index (χ1n) is 4.31. The summed E-state index contributed by atoms with van der Waals surface area (Å²) < 4.78 is 12.8. The molecule has 76 valence electrons. The van der Waals surface area contributed by atoms with Gasteiger partial charge in [-0.05, 0) is 41.1 Å². The summed E-state index contributed by atoms with van der Waals surface area (Å²) in [7, 11) is 0. The Morgan fingerprint density at radius 1 is 1.50 bits per heavy atom. The van der Waals surface area contributed by atoms with Crippen LogP contribution >= 0.6 is 31.9 Å². The molecule has 1 atom stereocenters. The molecule has 1 aromatic rings. The van der Waals surface area contributed by atoms with Gasteiger partial charge in [-0.15, -0.1) is 0 Å². The zero-order valence-corrected chi connectivity index (χ0v) is 10.9. The molecule has 4 heteroatoms. The summed E-state index contributed by atoms with van der Waals surface area (Å²) in [4.78, 5) is 0. The maximum absolute atomic E-state index is 5.63. The number of epoxide rings is 1. The molecular weight excluding hydrogens is 312 g/mol. The molecule has 0 amide bonds. The van der Waals surface area contributed by atoms with Crippen molar-refractivity contribution in [3.8, 4) is 5.75 Å². The highest BCUT2D eigenvalue weighted by molar-refractivity contribution is 9.11. The van der Waals surface area contributed by atoms with Gasteiger partial charge in [0.15, 0.2) is 0 Å². The van der Waals surface area contributed by atoms with Gasteiger partial charge in [0.05, 0.1) is 11.1 Å². The molecule has 1 aliphatic rings. The highest BCUT2D eigenvalue weighted by atomic mass is 79.9. The summed E-state index contributed by atoms with van der Waals surface area (Å²) in [5.74, 6) is 0.852. The molecule has 0 bridgehead atoms. The molecule has 1 saturated heterocycles. The Hall–Kier alpha value is -0.0600. The number of ether oxygens (including phenoxy) is 2. The number of benzene rings is 1. The van der Waals surface area contributed by atoms with E-state index in [1.165, 1.54) is 0 Å². The SMILES string of the molecule is CC1(COc2ccc(Br)cc2Br)CO1. The van der Waals surface area contributed by atoms with E-state index in [0.29, 0.717) is 6.61 Å². The molecule has 1 unspecified atom stereocenters. The first-order chi connectivity index (χ1) is 6.59. The molecule has 1 heterocycles. The molecule has 1 aliphatic heterocycles. The van der Waals surface area contributed by atoms with Crippen LogP contribution in [0.2, 0.25) is 0 Å². The van der Waals surface area contributed by atoms with Gasteiger partial charge in [0.2, 0.25) is 0 Å². The van der Waals surface area contributed by atoms with Crippen molar-refractivity contribution in [2.24, 2.45) is 0 Å². The smallest absolute Gasteiger partial charge is 0.133 e. The van der Waals surface area contributed by atoms with Gasteiger partial charge < -0.3 is 9.47 Å². The van der Waals surface area contributed by atoms with Crippen LogP contribution in [0.1, 0.15) is 6.92 Å². The van der Waals surface area contributed by atoms with Crippen LogP contribution in [-0.2, 0) is 4.74 Å². The minimum absolute atomic E-state index is 0.0630. The quantitative estimate of drug-likeness (QED) is 0.796. The van der Waals surface area contributed by atoms with Crippen LogP contribution in [0.25, 0.3) is 0 Å². The number of halogens is 2. The van der Waals surface area contributed by atoms with Crippen LogP contribution in [0.4, 0.5) is 0 Å². The third-order valence-corrected chi connectivity index (χ3v) is 3.18. The lowest BCUT2D eigenvalue weighted by atomic mass is 10.2. The fourth-order valence-corrected chi connectivity index (χ4v) is 2.19. The second-order valence-electron chi connectivity index (χ2n) is 3.60. The van der Waals surface area contributed by atoms with Gasteiger partial charge in [0.25, 0.3) is 0 Å². The third kappa shape index (κ3) is 2.49. The average molecular weight is 322 g/mol. The first kappa shape index (κ1) is 10.5. The maximum Gasteiger partial charge on any atom is 0.133 e. The molecule has 0 spiro atoms. The molecule has 0 aromatic heterocycles. The van der Waals surface area contributed by atoms with Crippen LogP contribution in [0, 0.1) is 0 Å². The van der Waals surface area contributed by atoms with E-state index in [2.05, 4.69) is 31.9 Å². The lowest BCUT2D eigenvalue weighted by Gasteiger charge is -2.10. The van der Waals surface area contributed by atoms with Crippen LogP contribution in [-0.4, -0.2) is 18.8 Å². The normalized spacial score (nSPS) is 24.8. The summed E-state index contributed by atoms with van der Waals surface area (Å²) in [6.07, 6.45) is 0. The van der Waals surface area contributed by atoms with Crippen molar-refractivity contribution in [3.05, 3.63) is 27.1 Å². The number of hydrogen-bond acceptors (Lipinski definition) is 2. The summed E-state index contributed by atoms with van der Waals surface area (Å²) in [5, 5.41) is 0. The Morgan fingerprint density at radius 2 is 2.21 bits per heavy atom. The fourth-order valence-electron chi connectivity index (χ4n) is 1.03. The summed E-state index contributed by atoms with van der Waals surface area (Å²) in [6, 6.07) is 5.85. The Bertz CT molecular complexity index is 348. The number of hydrogen-bond donors (Lipinski definition) is 0. The monoisotopic (exact) mass is 320 g/mol. The molecule has 0 radical (unpaired) electrons. The predicted molar refractivity (Wildman–Crippen MR) is 61.7 cm³/mol. The third-order valence-electron chi connectivity index (χ3n) is 2.06.